The fourth-order valence-electron chi connectivity index (χ4n) is 1.95. The van der Waals surface area contributed by atoms with Crippen LogP contribution >= 0.6 is 23.6 Å². The molecular weight excluding hydrogens is 299 g/mol. The lowest BCUT2D eigenvalue weighted by Gasteiger charge is -2.27. The van der Waals surface area contributed by atoms with E-state index in [0.717, 1.165) is 5.56 Å². The molecule has 1 aliphatic heterocycles. The van der Waals surface area contributed by atoms with Crippen molar-refractivity contribution in [3.05, 3.63) is 33.7 Å². The van der Waals surface area contributed by atoms with E-state index in [9.17, 15) is 9.18 Å². The largest absolute Gasteiger partial charge is 0.462 e. The van der Waals surface area contributed by atoms with Crippen LogP contribution in [0.4, 0.5) is 4.39 Å². The van der Waals surface area contributed by atoms with Crippen molar-refractivity contribution < 1.29 is 13.9 Å². The Hall–Kier alpha value is -1.47. The second kappa shape index (κ2) is 6.81. The molecule has 0 amide bonds. The third-order valence-corrected chi connectivity index (χ3v) is 3.89. The maximum atomic E-state index is 13.0. The lowest BCUT2D eigenvalue weighted by molar-refractivity contribution is -0.139. The van der Waals surface area contributed by atoms with Crippen LogP contribution < -0.4 is 10.6 Å². The number of rotatable bonds is 5. The standard InChI is InChI=1S/C13H15FN2O2S2/c1-8-11(10(6-14)16-13(19)15-8)12(17)18-4-2-9-3-5-20-7-9/h3,5,7,10H,2,4,6H2,1H3,(H2,15,16,19)/t10-/m0/s1. The molecule has 0 aliphatic carbocycles. The van der Waals surface area contributed by atoms with Crippen LogP contribution in [0.25, 0.3) is 0 Å². The number of nitrogens with one attached hydrogen (secondary N) is 2. The maximum absolute atomic E-state index is 13.0. The van der Waals surface area contributed by atoms with Gasteiger partial charge in [-0.15, -0.1) is 0 Å². The molecule has 2 rings (SSSR count). The van der Waals surface area contributed by atoms with E-state index in [1.165, 1.54) is 0 Å². The Labute approximate surface area is 126 Å². The van der Waals surface area contributed by atoms with Gasteiger partial charge in [0.25, 0.3) is 0 Å². The monoisotopic (exact) mass is 314 g/mol. The van der Waals surface area contributed by atoms with Crippen LogP contribution in [-0.2, 0) is 16.0 Å². The zero-order chi connectivity index (χ0) is 14.5. The van der Waals surface area contributed by atoms with Gasteiger partial charge in [0.2, 0.25) is 0 Å². The molecule has 0 saturated carbocycles. The van der Waals surface area contributed by atoms with Crippen LogP contribution in [0.1, 0.15) is 12.5 Å². The molecule has 0 spiro atoms. The van der Waals surface area contributed by atoms with Gasteiger partial charge in [-0.1, -0.05) is 0 Å². The number of hydrogen-bond donors (Lipinski definition) is 2. The highest BCUT2D eigenvalue weighted by atomic mass is 32.1. The van der Waals surface area contributed by atoms with Crippen molar-refractivity contribution in [1.82, 2.24) is 10.6 Å². The molecule has 1 atom stereocenters. The van der Waals surface area contributed by atoms with Crippen LogP contribution in [0.3, 0.4) is 0 Å². The molecule has 1 aromatic heterocycles. The number of thiophene rings is 1. The first kappa shape index (κ1) is 14.9. The predicted octanol–water partition coefficient (Wildman–Crippen LogP) is 1.92. The van der Waals surface area contributed by atoms with E-state index in [4.69, 9.17) is 17.0 Å². The molecule has 4 nitrogen and oxygen atoms in total. The highest BCUT2D eigenvalue weighted by molar-refractivity contribution is 7.80. The summed E-state index contributed by atoms with van der Waals surface area (Å²) in [6, 6.07) is 1.24. The molecule has 0 saturated heterocycles. The van der Waals surface area contributed by atoms with Gasteiger partial charge in [-0.25, -0.2) is 9.18 Å². The van der Waals surface area contributed by atoms with Crippen molar-refractivity contribution in [2.24, 2.45) is 0 Å². The number of allylic oxidation sites excluding steroid dienone is 1. The summed E-state index contributed by atoms with van der Waals surface area (Å²) < 4.78 is 18.2. The van der Waals surface area contributed by atoms with Gasteiger partial charge in [0.15, 0.2) is 5.11 Å². The molecule has 7 heteroatoms. The minimum absolute atomic E-state index is 0.270. The summed E-state index contributed by atoms with van der Waals surface area (Å²) in [4.78, 5) is 12.0. The lowest BCUT2D eigenvalue weighted by atomic mass is 10.0. The topological polar surface area (TPSA) is 50.4 Å². The molecule has 0 fully saturated rings. The molecule has 2 N–H and O–H groups in total. The van der Waals surface area contributed by atoms with E-state index < -0.39 is 18.7 Å². The third-order valence-electron chi connectivity index (χ3n) is 2.94. The van der Waals surface area contributed by atoms with Crippen molar-refractivity contribution in [3.8, 4) is 0 Å². The van der Waals surface area contributed by atoms with Crippen molar-refractivity contribution in [3.63, 3.8) is 0 Å². The first-order valence-corrected chi connectivity index (χ1v) is 7.49. The summed E-state index contributed by atoms with van der Waals surface area (Å²) in [6.45, 7) is 1.25. The number of alkyl halides is 1. The number of hydrogen-bond acceptors (Lipinski definition) is 4. The van der Waals surface area contributed by atoms with E-state index in [-0.39, 0.29) is 12.2 Å². The van der Waals surface area contributed by atoms with Gasteiger partial charge >= 0.3 is 5.97 Å². The second-order valence-corrected chi connectivity index (χ2v) is 5.55. The second-order valence-electron chi connectivity index (χ2n) is 4.36. The molecule has 2 heterocycles. The van der Waals surface area contributed by atoms with Gasteiger partial charge in [0.1, 0.15) is 6.67 Å². The Morgan fingerprint density at radius 1 is 1.60 bits per heavy atom. The van der Waals surface area contributed by atoms with Crippen LogP contribution in [-0.4, -0.2) is 30.4 Å². The van der Waals surface area contributed by atoms with E-state index in [2.05, 4.69) is 10.6 Å². The van der Waals surface area contributed by atoms with Crippen molar-refractivity contribution in [1.29, 1.82) is 0 Å². The van der Waals surface area contributed by atoms with Gasteiger partial charge in [0, 0.05) is 12.1 Å². The normalized spacial score (nSPS) is 18.5. The molecule has 1 aliphatic rings. The molecular formula is C13H15FN2O2S2. The van der Waals surface area contributed by atoms with Gasteiger partial charge in [0.05, 0.1) is 18.2 Å². The Balaban J connectivity index is 1.96. The van der Waals surface area contributed by atoms with Crippen LogP contribution in [0.5, 0.6) is 0 Å². The Morgan fingerprint density at radius 3 is 3.05 bits per heavy atom. The summed E-state index contributed by atoms with van der Waals surface area (Å²) in [5, 5.41) is 9.83. The number of ether oxygens (including phenoxy) is 1. The zero-order valence-corrected chi connectivity index (χ0v) is 12.6. The fourth-order valence-corrected chi connectivity index (χ4v) is 2.95. The van der Waals surface area contributed by atoms with Gasteiger partial charge in [-0.3, -0.25) is 0 Å². The quantitative estimate of drug-likeness (QED) is 0.642. The van der Waals surface area contributed by atoms with E-state index in [1.807, 2.05) is 16.8 Å². The summed E-state index contributed by atoms with van der Waals surface area (Å²) in [5.74, 6) is -0.511. The molecule has 0 aromatic carbocycles. The number of carbonyl (C=O) groups excluding carboxylic acids is 1. The number of esters is 1. The molecule has 0 unspecified atom stereocenters. The van der Waals surface area contributed by atoms with E-state index in [0.29, 0.717) is 17.2 Å². The first-order chi connectivity index (χ1) is 9.61. The lowest BCUT2D eigenvalue weighted by Crippen LogP contribution is -2.50. The fraction of sp³-hybridized carbons (Fsp3) is 0.385. The minimum atomic E-state index is -0.739. The van der Waals surface area contributed by atoms with Crippen LogP contribution in [0.2, 0.25) is 0 Å². The molecule has 0 radical (unpaired) electrons. The number of halogens is 1. The Kier molecular flexibility index (Phi) is 5.08. The average molecular weight is 314 g/mol. The van der Waals surface area contributed by atoms with Crippen molar-refractivity contribution in [2.75, 3.05) is 13.3 Å². The average Bonchev–Trinajstić information content (AvgIpc) is 2.90. The summed E-state index contributed by atoms with van der Waals surface area (Å²) >= 11 is 6.53. The van der Waals surface area contributed by atoms with Crippen molar-refractivity contribution >= 4 is 34.6 Å². The summed E-state index contributed by atoms with van der Waals surface area (Å²) in [5.41, 5.74) is 1.93. The van der Waals surface area contributed by atoms with E-state index >= 15 is 0 Å². The SMILES string of the molecule is CC1=C(C(=O)OCCc2ccsc2)[C@H](CF)NC(=S)N1. The molecule has 20 heavy (non-hydrogen) atoms. The van der Waals surface area contributed by atoms with Gasteiger partial charge < -0.3 is 15.4 Å². The highest BCUT2D eigenvalue weighted by Crippen LogP contribution is 2.15. The minimum Gasteiger partial charge on any atom is -0.462 e. The van der Waals surface area contributed by atoms with Gasteiger partial charge in [-0.2, -0.15) is 11.3 Å². The van der Waals surface area contributed by atoms with Crippen LogP contribution in [0, 0.1) is 0 Å². The van der Waals surface area contributed by atoms with Crippen molar-refractivity contribution in [2.45, 2.75) is 19.4 Å². The predicted molar refractivity (Wildman–Crippen MR) is 80.3 cm³/mol. The summed E-state index contributed by atoms with van der Waals surface area (Å²) in [6.07, 6.45) is 0.654. The van der Waals surface area contributed by atoms with Crippen LogP contribution in [0.15, 0.2) is 28.1 Å². The zero-order valence-electron chi connectivity index (χ0n) is 10.9. The van der Waals surface area contributed by atoms with E-state index in [1.54, 1.807) is 18.3 Å². The number of carbonyl (C=O) groups is 1. The highest BCUT2D eigenvalue weighted by Gasteiger charge is 2.29. The van der Waals surface area contributed by atoms with Gasteiger partial charge in [-0.05, 0) is 41.5 Å². The summed E-state index contributed by atoms with van der Waals surface area (Å²) in [7, 11) is 0. The molecule has 108 valence electrons. The smallest absolute Gasteiger partial charge is 0.337 e. The molecule has 1 aromatic rings. The third kappa shape index (κ3) is 3.55. The first-order valence-electron chi connectivity index (χ1n) is 6.14. The maximum Gasteiger partial charge on any atom is 0.337 e. The number of thiocarbonyl (C=S) groups is 1. The Morgan fingerprint density at radius 2 is 2.40 bits per heavy atom. The molecule has 0 bridgehead atoms. The Bertz CT molecular complexity index is 528.